The molecule has 0 amide bonds. The number of rotatable bonds is 24. The van der Waals surface area contributed by atoms with Crippen LogP contribution in [-0.2, 0) is 14.4 Å². The minimum atomic E-state index is -1.18. The Morgan fingerprint density at radius 1 is 0.371 bits per heavy atom. The number of hydrogen-bond donors (Lipinski definition) is 8. The van der Waals surface area contributed by atoms with Crippen molar-refractivity contribution in [1.29, 1.82) is 0 Å². The molecule has 0 heterocycles. The van der Waals surface area contributed by atoms with Crippen LogP contribution in [0.25, 0.3) is 30.4 Å². The van der Waals surface area contributed by atoms with E-state index in [0.29, 0.717) is 51.4 Å². The molecule has 0 spiro atoms. The van der Waals surface area contributed by atoms with E-state index in [2.05, 4.69) is 111 Å². The SMILES string of the molecule is C.C.C.C.C=C=C=C=C=C.C=Cc1ccc(OC(C)=O)cc1.CC(=O)Oc1ccc(/C=C/c2cc(O)cc(O)c2)cc1.CC(=O)Oc1ccc(/C=C/c2cc(OPP)cc(OP(P)P)c2)cc1.CC(=O)c1cc(OP)cc(OPP)c1.O=C(O)c1cc(O)cc(O)c1.O=C(O)c1cc(O)cc(OP)c1.O=C(O)c1cc(OP)cc(OPP)c1.[B]B([B])B([B])[B]. The number of phenols is 5. The quantitative estimate of drug-likeness (QED) is 0.00530. The van der Waals surface area contributed by atoms with Gasteiger partial charge >= 0.3 is 35.8 Å². The Morgan fingerprint density at radius 3 is 0.944 bits per heavy atom. The molecule has 0 saturated heterocycles. The first kappa shape index (κ1) is 121. The highest BCUT2D eigenvalue weighted by molar-refractivity contribution is 8.41. The lowest BCUT2D eigenvalue weighted by Gasteiger charge is -2.11. The molecule has 124 heavy (non-hydrogen) atoms. The van der Waals surface area contributed by atoms with E-state index in [-0.39, 0.29) is 130 Å². The van der Waals surface area contributed by atoms with Crippen molar-refractivity contribution in [1.82, 2.24) is 0 Å². The summed E-state index contributed by atoms with van der Waals surface area (Å²) < 4.78 is 51.1. The molecule has 648 valence electrons. The van der Waals surface area contributed by atoms with Crippen LogP contribution in [0.1, 0.15) is 127 Å². The highest BCUT2D eigenvalue weighted by Crippen LogP contribution is 2.54. The number of phenolic OH excluding ortho intramolecular Hbond substituents is 5. The maximum atomic E-state index is 11.1. The number of Topliss-reactive ketones (excluding diaryl/α,β-unsaturated/α-hetero) is 1. The van der Waals surface area contributed by atoms with E-state index < -0.39 is 38.2 Å². The lowest BCUT2D eigenvalue weighted by Crippen LogP contribution is -2.38. The van der Waals surface area contributed by atoms with Crippen molar-refractivity contribution in [2.24, 2.45) is 0 Å². The topological polar surface area (TPSA) is 374 Å². The Labute approximate surface area is 755 Å². The molecule has 0 bridgehead atoms. The first-order valence-electron chi connectivity index (χ1n) is 33.3. The maximum absolute atomic E-state index is 11.1. The van der Waals surface area contributed by atoms with Gasteiger partial charge in [-0.1, -0.05) is 159 Å². The zero-order valence-corrected chi connectivity index (χ0v) is 77.5. The van der Waals surface area contributed by atoms with Crippen LogP contribution >= 0.6 is 106 Å². The molecule has 0 aliphatic rings. The number of carboxylic acid groups (broad SMARTS) is 3. The monoisotopic (exact) mass is 1910 g/mol. The summed E-state index contributed by atoms with van der Waals surface area (Å²) in [4.78, 5) is 74.8. The summed E-state index contributed by atoms with van der Waals surface area (Å²) in [5.74, 6) is 0.637. The Kier molecular flexibility index (Phi) is 67.3. The molecule has 43 heteroatoms. The Bertz CT molecular complexity index is 4920. The van der Waals surface area contributed by atoms with Crippen LogP contribution in [0.4, 0.5) is 0 Å². The van der Waals surface area contributed by atoms with Crippen molar-refractivity contribution in [3.05, 3.63) is 275 Å². The van der Waals surface area contributed by atoms with Gasteiger partial charge < -0.3 is 86.7 Å². The normalized spacial score (nSPS) is 9.52. The number of benzene rings is 9. The van der Waals surface area contributed by atoms with Gasteiger partial charge in [-0.05, 0) is 169 Å². The number of ketones is 1. The fourth-order valence-electron chi connectivity index (χ4n) is 8.00. The number of esters is 3. The number of hydrogen-bond acceptors (Lipinski definition) is 22. The van der Waals surface area contributed by atoms with Crippen LogP contribution in [0.2, 0.25) is 0 Å². The van der Waals surface area contributed by atoms with E-state index in [9.17, 15) is 43.8 Å². The second-order valence-electron chi connectivity index (χ2n) is 22.4. The van der Waals surface area contributed by atoms with Crippen LogP contribution in [-0.4, -0.2) is 126 Å². The molecule has 0 aromatic heterocycles. The van der Waals surface area contributed by atoms with Crippen LogP contribution in [0.3, 0.4) is 0 Å². The summed E-state index contributed by atoms with van der Waals surface area (Å²) in [5.41, 5.74) is 14.7. The van der Waals surface area contributed by atoms with E-state index in [0.717, 1.165) is 58.0 Å². The molecular formula is C81H96B6O25P12. The maximum Gasteiger partial charge on any atom is 0.335 e. The number of aromatic hydroxyl groups is 5. The van der Waals surface area contributed by atoms with Gasteiger partial charge in [0.15, 0.2) is 5.78 Å². The van der Waals surface area contributed by atoms with Crippen molar-refractivity contribution < 1.29 is 120 Å². The zero-order valence-electron chi connectivity index (χ0n) is 64.4. The molecule has 9 aromatic rings. The van der Waals surface area contributed by atoms with E-state index in [4.69, 9.17) is 103 Å². The number of carboxylic acids is 3. The number of carbonyl (C=O) groups excluding carboxylic acids is 4. The number of aromatic carboxylic acids is 3. The van der Waals surface area contributed by atoms with Crippen molar-refractivity contribution >= 4 is 222 Å². The first-order valence-corrected chi connectivity index (χ1v) is 47.3. The summed E-state index contributed by atoms with van der Waals surface area (Å²) in [6, 6.07) is 48.2. The molecule has 0 saturated carbocycles. The second-order valence-corrected chi connectivity index (χ2v) is 32.3. The standard InChI is InChI=1S/C16H19O4P5.C16H14O4.C10H10O2.C8H11O3P3.C7H9O4P3.C7H7O4P.C7H6O4.C6H4.4CH4.B6/c1-11(17)18-14-6-4-12(5-7-14)2-3-13-8-15(19-24-21)10-16(9-13)20-25(22)23;1-11(17)20-16-6-4-12(5-7-16)2-3-13-8-14(18)10-15(19)9-13;1-3-9-4-6-10(7-5-9)12-8(2)11;1-5(9)6-2-7(10-12)4-8(3-6)11-14-13;8-7(9)4-1-5(10-12)3-6(2-4)11-14-13;8-5-1-4(7(9)10)2-6(3-5)11-12;8-5-1-4(7(10)11)2-6(9)3-5;1-3-5-6-4-2;;;;;1-5(2)6(3)4/h2-10,24H,21-23H2,1H3;2-10,18-19H,1H3;3-7H,1H2,2H3;2-4,14H,12-13H2,1H3;1-3,14H,12-13H2,(H,8,9);1-3,8H,12H2,(H,9,10);1-3,8-9H,(H,10,11);1-2H2;4*1H4;/b2*3-2+;;;;;;;;;;;. The second kappa shape index (κ2) is 69.0. The lowest BCUT2D eigenvalue weighted by atomic mass is 8.81. The number of carbonyl (C=O) groups is 7. The van der Waals surface area contributed by atoms with Gasteiger partial charge in [-0.3, -0.25) is 19.2 Å². The fraction of sp³-hybridized carbons (Fsp3) is 0.0988. The predicted molar refractivity (Wildman–Crippen MR) is 540 cm³/mol. The predicted octanol–water partition coefficient (Wildman–Crippen LogP) is 20.2. The minimum absolute atomic E-state index is 0. The summed E-state index contributed by atoms with van der Waals surface area (Å²) in [6.45, 7) is 15.7. The molecule has 0 aliphatic heterocycles. The number of ether oxygens (including phenoxy) is 3. The Balaban J connectivity index is -0.000000669. The third-order valence-electron chi connectivity index (χ3n) is 13.0. The van der Waals surface area contributed by atoms with Gasteiger partial charge in [-0.15, -0.1) is 0 Å². The van der Waals surface area contributed by atoms with Crippen LogP contribution in [0.15, 0.2) is 225 Å². The highest BCUT2D eigenvalue weighted by atomic mass is 32.4. The fourth-order valence-corrected chi connectivity index (χ4v) is 11.5. The van der Waals surface area contributed by atoms with Crippen molar-refractivity contribution in [2.45, 2.75) is 57.4 Å². The van der Waals surface area contributed by atoms with Crippen molar-refractivity contribution in [3.63, 3.8) is 0 Å². The van der Waals surface area contributed by atoms with E-state index in [1.54, 1.807) is 97.1 Å². The Morgan fingerprint density at radius 2 is 0.637 bits per heavy atom. The first-order chi connectivity index (χ1) is 56.8. The van der Waals surface area contributed by atoms with Gasteiger partial charge in [-0.2, -0.15) is 0 Å². The van der Waals surface area contributed by atoms with E-state index in [1.165, 1.54) is 58.0 Å². The largest absolute Gasteiger partial charge is 0.508 e. The minimum Gasteiger partial charge on any atom is -0.508 e. The van der Waals surface area contributed by atoms with Gasteiger partial charge in [0.2, 0.25) is 0 Å². The van der Waals surface area contributed by atoms with E-state index >= 15 is 0 Å². The third kappa shape index (κ3) is 55.8. The molecule has 11 unspecified atom stereocenters. The van der Waals surface area contributed by atoms with Gasteiger partial charge in [0.25, 0.3) is 0 Å². The summed E-state index contributed by atoms with van der Waals surface area (Å²) in [6.07, 6.45) is 8.10. The van der Waals surface area contributed by atoms with Gasteiger partial charge in [0.1, 0.15) is 93.8 Å². The lowest BCUT2D eigenvalue weighted by molar-refractivity contribution is -0.132. The average molecular weight is 1910 g/mol. The molecule has 8 N–H and O–H groups in total. The van der Waals surface area contributed by atoms with Gasteiger partial charge in [-0.25, -0.2) is 14.4 Å². The molecule has 9 aromatic carbocycles. The molecule has 0 fully saturated rings. The van der Waals surface area contributed by atoms with E-state index in [1.807, 2.05) is 70.2 Å². The summed E-state index contributed by atoms with van der Waals surface area (Å²) in [7, 11) is 38.8. The van der Waals surface area contributed by atoms with Gasteiger partial charge in [0, 0.05) is 106 Å². The molecule has 25 nitrogen and oxygen atoms in total. The van der Waals surface area contributed by atoms with Crippen LogP contribution < -0.4 is 45.9 Å². The molecule has 9 rings (SSSR count). The molecule has 0 aliphatic carbocycles. The molecule has 11 atom stereocenters. The molecule has 8 radical (unpaired) electrons. The smallest absolute Gasteiger partial charge is 0.335 e. The third-order valence-corrected chi connectivity index (χ3v) is 17.0. The zero-order chi connectivity index (χ0) is 90.4. The summed E-state index contributed by atoms with van der Waals surface area (Å²) >= 11 is 0. The van der Waals surface area contributed by atoms with Crippen LogP contribution in [0.5, 0.6) is 86.2 Å². The summed E-state index contributed by atoms with van der Waals surface area (Å²) in [5, 5.41) is 71.1. The Hall–Kier alpha value is -9.30. The van der Waals surface area contributed by atoms with Crippen molar-refractivity contribution in [3.8, 4) is 86.2 Å². The average Bonchev–Trinajstić information content (AvgIpc) is 1.04. The van der Waals surface area contributed by atoms with Gasteiger partial charge in [0.05, 0.1) is 70.6 Å². The van der Waals surface area contributed by atoms with Crippen LogP contribution in [0, 0.1) is 0 Å². The molecular weight excluding hydrogens is 1810 g/mol. The van der Waals surface area contributed by atoms with Crippen molar-refractivity contribution in [2.75, 3.05) is 0 Å². The highest BCUT2D eigenvalue weighted by Gasteiger charge is 2.12.